The fraction of sp³-hybridized carbons (Fsp3) is 0.286. The van der Waals surface area contributed by atoms with Gasteiger partial charge in [-0.1, -0.05) is 39.7 Å². The summed E-state index contributed by atoms with van der Waals surface area (Å²) in [5.74, 6) is 0.368. The van der Waals surface area contributed by atoms with Crippen molar-refractivity contribution in [1.82, 2.24) is 4.98 Å². The average molecular weight is 512 g/mol. The highest BCUT2D eigenvalue weighted by atomic mass is 79.9. The molecule has 0 radical (unpaired) electrons. The number of halogens is 2. The summed E-state index contributed by atoms with van der Waals surface area (Å²) in [6.45, 7) is 4.86. The summed E-state index contributed by atoms with van der Waals surface area (Å²) in [4.78, 5) is 6.42. The number of morpholine rings is 1. The smallest absolute Gasteiger partial charge is 0.236 e. The number of oxazole rings is 1. The molecule has 0 amide bonds. The van der Waals surface area contributed by atoms with Gasteiger partial charge in [0.25, 0.3) is 0 Å². The quantitative estimate of drug-likeness (QED) is 0.479. The molecular formula is C21H20BrClN2O4S. The van der Waals surface area contributed by atoms with Gasteiger partial charge >= 0.3 is 0 Å². The lowest BCUT2D eigenvalue weighted by Gasteiger charge is -2.35. The van der Waals surface area contributed by atoms with E-state index in [9.17, 15) is 8.42 Å². The number of nitrogens with zero attached hydrogens (tertiary/aromatic N) is 2. The summed E-state index contributed by atoms with van der Waals surface area (Å²) in [7, 11) is -3.92. The van der Waals surface area contributed by atoms with E-state index >= 15 is 0 Å². The van der Waals surface area contributed by atoms with Crippen LogP contribution in [0.25, 0.3) is 11.5 Å². The maximum absolute atomic E-state index is 13.5. The molecule has 30 heavy (non-hydrogen) atoms. The molecule has 0 N–H and O–H groups in total. The monoisotopic (exact) mass is 510 g/mol. The van der Waals surface area contributed by atoms with Crippen molar-refractivity contribution in [3.63, 3.8) is 0 Å². The molecule has 3 aromatic rings. The summed E-state index contributed by atoms with van der Waals surface area (Å²) in [5, 5.41) is 0.308. The molecule has 0 spiro atoms. The number of benzene rings is 2. The third kappa shape index (κ3) is 4.14. The Morgan fingerprint density at radius 2 is 1.70 bits per heavy atom. The lowest BCUT2D eigenvalue weighted by atomic mass is 10.2. The molecule has 0 aliphatic carbocycles. The lowest BCUT2D eigenvalue weighted by Crippen LogP contribution is -2.45. The van der Waals surface area contributed by atoms with Gasteiger partial charge in [0.2, 0.25) is 26.6 Å². The lowest BCUT2D eigenvalue weighted by molar-refractivity contribution is -0.00657. The largest absolute Gasteiger partial charge is 0.419 e. The van der Waals surface area contributed by atoms with Crippen LogP contribution < -0.4 is 4.90 Å². The van der Waals surface area contributed by atoms with Gasteiger partial charge in [-0.25, -0.2) is 8.42 Å². The number of hydrogen-bond donors (Lipinski definition) is 0. The zero-order valence-electron chi connectivity index (χ0n) is 16.4. The zero-order valence-corrected chi connectivity index (χ0v) is 19.5. The summed E-state index contributed by atoms with van der Waals surface area (Å²) >= 11 is 9.65. The van der Waals surface area contributed by atoms with Crippen molar-refractivity contribution in [2.75, 3.05) is 18.0 Å². The van der Waals surface area contributed by atoms with Crippen LogP contribution in [-0.2, 0) is 14.6 Å². The van der Waals surface area contributed by atoms with E-state index < -0.39 is 9.84 Å². The van der Waals surface area contributed by atoms with Crippen molar-refractivity contribution in [3.8, 4) is 11.5 Å². The maximum Gasteiger partial charge on any atom is 0.236 e. The molecule has 9 heteroatoms. The van der Waals surface area contributed by atoms with Gasteiger partial charge in [-0.3, -0.25) is 0 Å². The van der Waals surface area contributed by atoms with Gasteiger partial charge < -0.3 is 14.1 Å². The molecule has 158 valence electrons. The van der Waals surface area contributed by atoms with Crippen LogP contribution in [0.4, 0.5) is 5.88 Å². The number of sulfone groups is 1. The Morgan fingerprint density at radius 1 is 1.07 bits per heavy atom. The summed E-state index contributed by atoms with van der Waals surface area (Å²) in [5.41, 5.74) is 0.534. The third-order valence-corrected chi connectivity index (χ3v) is 7.29. The minimum absolute atomic E-state index is 0.0779. The van der Waals surface area contributed by atoms with Crippen LogP contribution in [0.15, 0.2) is 67.3 Å². The van der Waals surface area contributed by atoms with Crippen LogP contribution in [0, 0.1) is 0 Å². The molecule has 1 saturated heterocycles. The van der Waals surface area contributed by atoms with Gasteiger partial charge in [-0.05, 0) is 50.2 Å². The summed E-state index contributed by atoms with van der Waals surface area (Å²) in [6, 6.07) is 13.5. The van der Waals surface area contributed by atoms with Crippen LogP contribution in [0.2, 0.25) is 5.02 Å². The number of rotatable bonds is 4. The molecule has 2 atom stereocenters. The van der Waals surface area contributed by atoms with Crippen molar-refractivity contribution in [2.45, 2.75) is 36.0 Å². The van der Waals surface area contributed by atoms with E-state index in [1.807, 2.05) is 18.7 Å². The summed E-state index contributed by atoms with van der Waals surface area (Å²) in [6.07, 6.45) is -0.156. The first-order valence-electron chi connectivity index (χ1n) is 9.42. The molecule has 0 bridgehead atoms. The normalized spacial score (nSPS) is 19.8. The van der Waals surface area contributed by atoms with Crippen LogP contribution in [0.5, 0.6) is 0 Å². The standard InChI is InChI=1S/C21H20BrClN2O4S/c1-13-11-25(12-14(2)28-13)21-20(30(26,27)16-9-7-15(22)8-10-16)24-19(29-21)17-5-3-4-6-18(17)23/h3-10,13-14H,11-12H2,1-2H3. The Bertz CT molecular complexity index is 1150. The molecule has 1 aromatic heterocycles. The van der Waals surface area contributed by atoms with Crippen molar-refractivity contribution in [3.05, 3.63) is 58.0 Å². The minimum atomic E-state index is -3.92. The Labute approximate surface area is 188 Å². The van der Waals surface area contributed by atoms with Gasteiger partial charge in [0.1, 0.15) is 0 Å². The highest BCUT2D eigenvalue weighted by Gasteiger charge is 2.34. The molecule has 2 unspecified atom stereocenters. The SMILES string of the molecule is CC1CN(c2oc(-c3ccccc3Cl)nc2S(=O)(=O)c2ccc(Br)cc2)CC(C)O1. The van der Waals surface area contributed by atoms with Crippen LogP contribution in [0.3, 0.4) is 0 Å². The molecule has 2 aromatic carbocycles. The zero-order chi connectivity index (χ0) is 21.5. The van der Waals surface area contributed by atoms with Crippen molar-refractivity contribution >= 4 is 43.3 Å². The first-order valence-corrected chi connectivity index (χ1v) is 12.1. The molecule has 6 nitrogen and oxygen atoms in total. The van der Waals surface area contributed by atoms with E-state index in [1.165, 1.54) is 12.1 Å². The predicted molar refractivity (Wildman–Crippen MR) is 119 cm³/mol. The van der Waals surface area contributed by atoms with Gasteiger partial charge in [0.05, 0.1) is 27.7 Å². The number of ether oxygens (including phenoxy) is 1. The Hall–Kier alpha value is -1.87. The maximum atomic E-state index is 13.5. The molecule has 4 rings (SSSR count). The van der Waals surface area contributed by atoms with Crippen molar-refractivity contribution < 1.29 is 17.6 Å². The fourth-order valence-electron chi connectivity index (χ4n) is 3.49. The second-order valence-corrected chi connectivity index (χ2v) is 10.4. The molecule has 1 fully saturated rings. The van der Waals surface area contributed by atoms with E-state index in [2.05, 4.69) is 20.9 Å². The summed E-state index contributed by atoms with van der Waals surface area (Å²) < 4.78 is 39.6. The third-order valence-electron chi connectivity index (χ3n) is 4.77. The Morgan fingerprint density at radius 3 is 2.33 bits per heavy atom. The highest BCUT2D eigenvalue weighted by Crippen LogP contribution is 2.37. The molecular weight excluding hydrogens is 492 g/mol. The average Bonchev–Trinajstić information content (AvgIpc) is 3.14. The van der Waals surface area contributed by atoms with Gasteiger partial charge in [0.15, 0.2) is 0 Å². The molecule has 1 aliphatic rings. The minimum Gasteiger partial charge on any atom is -0.419 e. The predicted octanol–water partition coefficient (Wildman–Crippen LogP) is 5.20. The van der Waals surface area contributed by atoms with E-state index in [1.54, 1.807) is 36.4 Å². The van der Waals surface area contributed by atoms with E-state index in [0.29, 0.717) is 23.7 Å². The van der Waals surface area contributed by atoms with Crippen LogP contribution in [0.1, 0.15) is 13.8 Å². The molecule has 1 aliphatic heterocycles. The van der Waals surface area contributed by atoms with E-state index in [4.69, 9.17) is 20.8 Å². The first kappa shape index (κ1) is 21.4. The number of hydrogen-bond acceptors (Lipinski definition) is 6. The van der Waals surface area contributed by atoms with Gasteiger partial charge in [0, 0.05) is 17.6 Å². The van der Waals surface area contributed by atoms with Gasteiger partial charge in [-0.15, -0.1) is 0 Å². The van der Waals surface area contributed by atoms with Crippen molar-refractivity contribution in [1.29, 1.82) is 0 Å². The van der Waals surface area contributed by atoms with Crippen LogP contribution >= 0.6 is 27.5 Å². The van der Waals surface area contributed by atoms with Gasteiger partial charge in [-0.2, -0.15) is 4.98 Å². The topological polar surface area (TPSA) is 72.6 Å². The van der Waals surface area contributed by atoms with Crippen molar-refractivity contribution in [2.24, 2.45) is 0 Å². The molecule has 2 heterocycles. The van der Waals surface area contributed by atoms with E-state index in [-0.39, 0.29) is 33.9 Å². The number of aromatic nitrogens is 1. The Kier molecular flexibility index (Phi) is 5.94. The van der Waals surface area contributed by atoms with E-state index in [0.717, 1.165) is 4.47 Å². The second kappa shape index (κ2) is 8.34. The first-order chi connectivity index (χ1) is 14.3. The number of anilines is 1. The Balaban J connectivity index is 1.87. The highest BCUT2D eigenvalue weighted by molar-refractivity contribution is 9.10. The second-order valence-electron chi connectivity index (χ2n) is 7.23. The fourth-order valence-corrected chi connectivity index (χ4v) is 5.29. The van der Waals surface area contributed by atoms with Crippen LogP contribution in [-0.4, -0.2) is 38.7 Å². The molecule has 0 saturated carbocycles.